The second kappa shape index (κ2) is 13.1. The second-order valence-electron chi connectivity index (χ2n) is 11.7. The van der Waals surface area contributed by atoms with Crippen molar-refractivity contribution in [3.05, 3.63) is 119 Å². The van der Waals surface area contributed by atoms with Crippen LogP contribution in [0.25, 0.3) is 11.1 Å². The number of aryl methyl sites for hydroxylation is 1. The van der Waals surface area contributed by atoms with Gasteiger partial charge in [0.2, 0.25) is 0 Å². The van der Waals surface area contributed by atoms with Gasteiger partial charge in [-0.05, 0) is 84.3 Å². The van der Waals surface area contributed by atoms with Crippen molar-refractivity contribution in [1.29, 1.82) is 0 Å². The maximum Gasteiger partial charge on any atom is 0.253 e. The predicted octanol–water partition coefficient (Wildman–Crippen LogP) is 6.05. The minimum atomic E-state index is -3.78. The zero-order valence-electron chi connectivity index (χ0n) is 25.6. The zero-order chi connectivity index (χ0) is 31.4. The Kier molecular flexibility index (Phi) is 9.20. The molecule has 4 aromatic carbocycles. The van der Waals surface area contributed by atoms with Gasteiger partial charge in [0, 0.05) is 38.3 Å². The molecule has 0 aliphatic carbocycles. The molecule has 0 unspecified atom stereocenters. The predicted molar refractivity (Wildman–Crippen MR) is 173 cm³/mol. The lowest BCUT2D eigenvalue weighted by molar-refractivity contribution is 0.0785. The Bertz CT molecular complexity index is 1800. The highest BCUT2D eigenvalue weighted by molar-refractivity contribution is 7.90. The molecule has 44 heavy (non-hydrogen) atoms. The Morgan fingerprint density at radius 1 is 0.864 bits per heavy atom. The van der Waals surface area contributed by atoms with E-state index in [1.54, 1.807) is 50.5 Å². The molecule has 2 amide bonds. The molecule has 8 heteroatoms. The smallest absolute Gasteiger partial charge is 0.253 e. The lowest BCUT2D eigenvalue weighted by Crippen LogP contribution is -2.29. The minimum Gasteiger partial charge on any atom is -0.495 e. The van der Waals surface area contributed by atoms with E-state index in [1.165, 1.54) is 12.0 Å². The average Bonchev–Trinajstić information content (AvgIpc) is 3.48. The third-order valence-corrected chi connectivity index (χ3v) is 9.76. The summed E-state index contributed by atoms with van der Waals surface area (Å²) in [5.41, 5.74) is 5.47. The monoisotopic (exact) mass is 610 g/mol. The topological polar surface area (TPSA) is 84.0 Å². The standard InChI is InChI=1S/C36H38N2O5S/c1-25-8-5-12-31(18-25)36(40)38-17-16-27(23-38)19-26-9-6-10-28(20-26)24-44(41,42)34-22-30(14-15-33(34)43-4)29-11-7-13-32(21-29)35(39)37(2)3/h5-15,18,20-22,27H,16-17,19,23-24H2,1-4H3/t27-/m0/s1. The van der Waals surface area contributed by atoms with Crippen LogP contribution in [-0.4, -0.2) is 64.3 Å². The first-order chi connectivity index (χ1) is 21.0. The molecule has 7 nitrogen and oxygen atoms in total. The molecule has 1 aliphatic rings. The van der Waals surface area contributed by atoms with Gasteiger partial charge in [-0.2, -0.15) is 0 Å². The summed E-state index contributed by atoms with van der Waals surface area (Å²) in [7, 11) is 1.07. The number of hydrogen-bond acceptors (Lipinski definition) is 5. The number of likely N-dealkylation sites (tertiary alicyclic amines) is 1. The Balaban J connectivity index is 1.31. The molecule has 5 rings (SSSR count). The highest BCUT2D eigenvalue weighted by Crippen LogP contribution is 2.33. The van der Waals surface area contributed by atoms with Gasteiger partial charge in [0.1, 0.15) is 10.6 Å². The van der Waals surface area contributed by atoms with Gasteiger partial charge in [-0.3, -0.25) is 9.59 Å². The first-order valence-electron chi connectivity index (χ1n) is 14.7. The fourth-order valence-electron chi connectivity index (χ4n) is 5.81. The van der Waals surface area contributed by atoms with Gasteiger partial charge in [0.05, 0.1) is 12.9 Å². The molecule has 1 heterocycles. The summed E-state index contributed by atoms with van der Waals surface area (Å²) in [5, 5.41) is 0. The minimum absolute atomic E-state index is 0.0586. The van der Waals surface area contributed by atoms with E-state index in [-0.39, 0.29) is 28.2 Å². The van der Waals surface area contributed by atoms with Gasteiger partial charge in [-0.15, -0.1) is 0 Å². The van der Waals surface area contributed by atoms with Crippen molar-refractivity contribution in [1.82, 2.24) is 9.80 Å². The van der Waals surface area contributed by atoms with Crippen molar-refractivity contribution >= 4 is 21.7 Å². The Labute approximate surface area is 260 Å². The molecule has 0 bridgehead atoms. The third kappa shape index (κ3) is 7.03. The fraction of sp³-hybridized carbons (Fsp3) is 0.278. The fourth-order valence-corrected chi connectivity index (χ4v) is 7.35. The van der Waals surface area contributed by atoms with E-state index in [0.717, 1.165) is 29.5 Å². The number of ether oxygens (including phenoxy) is 1. The van der Waals surface area contributed by atoms with E-state index in [1.807, 2.05) is 66.4 Å². The van der Waals surface area contributed by atoms with Gasteiger partial charge in [-0.1, -0.05) is 60.2 Å². The SMILES string of the molecule is COc1ccc(-c2cccc(C(=O)N(C)C)c2)cc1S(=O)(=O)Cc1cccc(C[C@@H]2CCN(C(=O)c3cccc(C)c3)C2)c1. The van der Waals surface area contributed by atoms with Crippen LogP contribution in [-0.2, 0) is 22.0 Å². The molecule has 0 spiro atoms. The molecule has 1 atom stereocenters. The largest absolute Gasteiger partial charge is 0.495 e. The number of benzene rings is 4. The quantitative estimate of drug-likeness (QED) is 0.230. The summed E-state index contributed by atoms with van der Waals surface area (Å²) >= 11 is 0. The zero-order valence-corrected chi connectivity index (χ0v) is 26.4. The number of carbonyl (C=O) groups is 2. The average molecular weight is 611 g/mol. The van der Waals surface area contributed by atoms with Crippen molar-refractivity contribution in [3.8, 4) is 16.9 Å². The first-order valence-corrected chi connectivity index (χ1v) is 16.4. The van der Waals surface area contributed by atoms with Crippen LogP contribution >= 0.6 is 0 Å². The van der Waals surface area contributed by atoms with E-state index in [4.69, 9.17) is 4.74 Å². The molecular formula is C36H38N2O5S. The summed E-state index contributed by atoms with van der Waals surface area (Å²) in [6, 6.07) is 27.6. The molecule has 1 saturated heterocycles. The van der Waals surface area contributed by atoms with Crippen molar-refractivity contribution < 1.29 is 22.7 Å². The van der Waals surface area contributed by atoms with Gasteiger partial charge >= 0.3 is 0 Å². The van der Waals surface area contributed by atoms with Crippen LogP contribution in [0.4, 0.5) is 0 Å². The normalized spacial score (nSPS) is 14.8. The van der Waals surface area contributed by atoms with Crippen LogP contribution in [0.2, 0.25) is 0 Å². The molecule has 228 valence electrons. The number of methoxy groups -OCH3 is 1. The number of nitrogens with zero attached hydrogens (tertiary/aromatic N) is 2. The number of amides is 2. The summed E-state index contributed by atoms with van der Waals surface area (Å²) in [5.74, 6) is 0.333. The molecule has 0 radical (unpaired) electrons. The van der Waals surface area contributed by atoms with Crippen molar-refractivity contribution in [3.63, 3.8) is 0 Å². The van der Waals surface area contributed by atoms with Crippen LogP contribution in [0.15, 0.2) is 95.9 Å². The first kappa shape index (κ1) is 31.0. The Hall–Kier alpha value is -4.43. The lowest BCUT2D eigenvalue weighted by Gasteiger charge is -2.17. The summed E-state index contributed by atoms with van der Waals surface area (Å²) in [6.45, 7) is 3.38. The molecule has 0 aromatic heterocycles. The molecular weight excluding hydrogens is 572 g/mol. The molecule has 1 fully saturated rings. The van der Waals surface area contributed by atoms with Gasteiger partial charge in [0.25, 0.3) is 11.8 Å². The van der Waals surface area contributed by atoms with E-state index >= 15 is 0 Å². The summed E-state index contributed by atoms with van der Waals surface area (Å²) in [6.07, 6.45) is 1.68. The van der Waals surface area contributed by atoms with Crippen LogP contribution in [0.5, 0.6) is 5.75 Å². The molecule has 0 saturated carbocycles. The Morgan fingerprint density at radius 3 is 2.32 bits per heavy atom. The van der Waals surface area contributed by atoms with Crippen molar-refractivity contribution in [2.24, 2.45) is 5.92 Å². The van der Waals surface area contributed by atoms with E-state index in [9.17, 15) is 18.0 Å². The van der Waals surface area contributed by atoms with Crippen molar-refractivity contribution in [2.45, 2.75) is 30.4 Å². The number of sulfone groups is 1. The number of rotatable bonds is 9. The van der Waals surface area contributed by atoms with Gasteiger partial charge in [0.15, 0.2) is 9.84 Å². The number of carbonyl (C=O) groups excluding carboxylic acids is 2. The van der Waals surface area contributed by atoms with Gasteiger partial charge in [-0.25, -0.2) is 8.42 Å². The summed E-state index contributed by atoms with van der Waals surface area (Å²) in [4.78, 5) is 29.0. The Morgan fingerprint density at radius 2 is 1.57 bits per heavy atom. The molecule has 0 N–H and O–H groups in total. The third-order valence-electron chi connectivity index (χ3n) is 8.06. The van der Waals surface area contributed by atoms with E-state index in [2.05, 4.69) is 0 Å². The van der Waals surface area contributed by atoms with Crippen LogP contribution in [0, 0.1) is 12.8 Å². The van der Waals surface area contributed by atoms with E-state index in [0.29, 0.717) is 41.3 Å². The second-order valence-corrected chi connectivity index (χ2v) is 13.7. The highest BCUT2D eigenvalue weighted by atomic mass is 32.2. The maximum absolute atomic E-state index is 13.8. The van der Waals surface area contributed by atoms with Crippen LogP contribution < -0.4 is 4.74 Å². The van der Waals surface area contributed by atoms with E-state index < -0.39 is 9.84 Å². The molecule has 4 aromatic rings. The van der Waals surface area contributed by atoms with Crippen LogP contribution in [0.3, 0.4) is 0 Å². The maximum atomic E-state index is 13.8. The van der Waals surface area contributed by atoms with Crippen molar-refractivity contribution in [2.75, 3.05) is 34.3 Å². The molecule has 1 aliphatic heterocycles. The van der Waals surface area contributed by atoms with Crippen LogP contribution in [0.1, 0.15) is 43.8 Å². The summed E-state index contributed by atoms with van der Waals surface area (Å²) < 4.78 is 33.0. The highest BCUT2D eigenvalue weighted by Gasteiger charge is 2.27. The number of hydrogen-bond donors (Lipinski definition) is 0. The lowest BCUT2D eigenvalue weighted by atomic mass is 9.97. The van der Waals surface area contributed by atoms with Gasteiger partial charge < -0.3 is 14.5 Å².